The van der Waals surface area contributed by atoms with E-state index in [0.29, 0.717) is 19.5 Å². The molecule has 5 heteroatoms. The van der Waals surface area contributed by atoms with Crippen molar-refractivity contribution >= 4 is 5.91 Å². The van der Waals surface area contributed by atoms with Crippen LogP contribution in [0, 0.1) is 12.7 Å². The number of rotatable bonds is 7. The summed E-state index contributed by atoms with van der Waals surface area (Å²) in [5.74, 6) is -0.204. The molecule has 0 bridgehead atoms. The Morgan fingerprint density at radius 2 is 1.85 bits per heavy atom. The van der Waals surface area contributed by atoms with E-state index >= 15 is 0 Å². The van der Waals surface area contributed by atoms with Gasteiger partial charge in [0.2, 0.25) is 5.91 Å². The number of ether oxygens (including phenoxy) is 1. The van der Waals surface area contributed by atoms with Crippen LogP contribution >= 0.6 is 0 Å². The van der Waals surface area contributed by atoms with E-state index < -0.39 is 0 Å². The van der Waals surface area contributed by atoms with Crippen molar-refractivity contribution in [2.45, 2.75) is 19.9 Å². The Bertz CT molecular complexity index is 759. The summed E-state index contributed by atoms with van der Waals surface area (Å²) in [6, 6.07) is 14.5. The maximum atomic E-state index is 13.6. The second-order valence-electron chi connectivity index (χ2n) is 7.07. The molecular formula is C22H27FN2O2. The first-order valence-electron chi connectivity index (χ1n) is 9.48. The molecule has 2 aromatic rings. The minimum absolute atomic E-state index is 0.0677. The van der Waals surface area contributed by atoms with Crippen molar-refractivity contribution in [2.75, 3.05) is 39.4 Å². The predicted molar refractivity (Wildman–Crippen MR) is 104 cm³/mol. The van der Waals surface area contributed by atoms with E-state index in [4.69, 9.17) is 4.74 Å². The largest absolute Gasteiger partial charge is 0.379 e. The van der Waals surface area contributed by atoms with Gasteiger partial charge in [0.15, 0.2) is 0 Å². The molecule has 1 aliphatic heterocycles. The molecule has 3 rings (SSSR count). The molecule has 0 spiro atoms. The molecule has 1 fully saturated rings. The van der Waals surface area contributed by atoms with Crippen LogP contribution in [0.15, 0.2) is 48.5 Å². The third-order valence-electron chi connectivity index (χ3n) is 4.84. The highest BCUT2D eigenvalue weighted by atomic mass is 19.1. The van der Waals surface area contributed by atoms with E-state index in [2.05, 4.69) is 4.90 Å². The van der Waals surface area contributed by atoms with Gasteiger partial charge in [-0.2, -0.15) is 0 Å². The lowest BCUT2D eigenvalue weighted by Gasteiger charge is -2.30. The number of carbonyl (C=O) groups is 1. The second kappa shape index (κ2) is 9.62. The van der Waals surface area contributed by atoms with Crippen molar-refractivity contribution in [3.63, 3.8) is 0 Å². The summed E-state index contributed by atoms with van der Waals surface area (Å²) in [5, 5.41) is 0. The van der Waals surface area contributed by atoms with Crippen LogP contribution < -0.4 is 0 Å². The number of hydrogen-bond donors (Lipinski definition) is 0. The van der Waals surface area contributed by atoms with Gasteiger partial charge in [0.05, 0.1) is 19.6 Å². The van der Waals surface area contributed by atoms with Crippen LogP contribution in [0.3, 0.4) is 0 Å². The third kappa shape index (κ3) is 6.15. The van der Waals surface area contributed by atoms with Crippen molar-refractivity contribution in [2.24, 2.45) is 0 Å². The first kappa shape index (κ1) is 19.5. The minimum Gasteiger partial charge on any atom is -0.379 e. The van der Waals surface area contributed by atoms with E-state index in [9.17, 15) is 9.18 Å². The fraction of sp³-hybridized carbons (Fsp3) is 0.409. The average Bonchev–Trinajstić information content (AvgIpc) is 2.66. The zero-order chi connectivity index (χ0) is 19.1. The van der Waals surface area contributed by atoms with Gasteiger partial charge in [0.25, 0.3) is 0 Å². The molecule has 1 amide bonds. The number of hydrogen-bond acceptors (Lipinski definition) is 3. The zero-order valence-electron chi connectivity index (χ0n) is 15.9. The van der Waals surface area contributed by atoms with Gasteiger partial charge >= 0.3 is 0 Å². The summed E-state index contributed by atoms with van der Waals surface area (Å²) in [5.41, 5.74) is 2.97. The molecule has 0 aromatic heterocycles. The molecule has 0 N–H and O–H groups in total. The molecule has 1 saturated heterocycles. The summed E-state index contributed by atoms with van der Waals surface area (Å²) in [7, 11) is 0. The van der Waals surface area contributed by atoms with Crippen molar-refractivity contribution < 1.29 is 13.9 Å². The SMILES string of the molecule is Cc1cccc(CC(=O)N(CCN2CCOCC2)Cc2cccc(F)c2)c1. The van der Waals surface area contributed by atoms with Crippen molar-refractivity contribution in [3.05, 3.63) is 71.0 Å². The molecular weight excluding hydrogens is 343 g/mol. The van der Waals surface area contributed by atoms with Gasteiger partial charge in [0.1, 0.15) is 5.82 Å². The zero-order valence-corrected chi connectivity index (χ0v) is 15.9. The molecule has 1 heterocycles. The van der Waals surface area contributed by atoms with E-state index in [1.165, 1.54) is 12.1 Å². The van der Waals surface area contributed by atoms with Crippen LogP contribution in [-0.2, 0) is 22.5 Å². The minimum atomic E-state index is -0.272. The van der Waals surface area contributed by atoms with Crippen LogP contribution in [0.4, 0.5) is 4.39 Å². The predicted octanol–water partition coefficient (Wildman–Crippen LogP) is 3.04. The smallest absolute Gasteiger partial charge is 0.227 e. The van der Waals surface area contributed by atoms with Crippen LogP contribution in [0.2, 0.25) is 0 Å². The number of morpholine rings is 1. The lowest BCUT2D eigenvalue weighted by atomic mass is 10.1. The number of benzene rings is 2. The summed E-state index contributed by atoms with van der Waals surface area (Å²) >= 11 is 0. The quantitative estimate of drug-likeness (QED) is 0.751. The van der Waals surface area contributed by atoms with Crippen molar-refractivity contribution in [3.8, 4) is 0 Å². The van der Waals surface area contributed by atoms with Gasteiger partial charge in [-0.3, -0.25) is 9.69 Å². The van der Waals surface area contributed by atoms with Crippen molar-refractivity contribution in [1.82, 2.24) is 9.80 Å². The maximum absolute atomic E-state index is 13.6. The van der Waals surface area contributed by atoms with Gasteiger partial charge in [-0.1, -0.05) is 42.0 Å². The van der Waals surface area contributed by atoms with Crippen LogP contribution in [0.5, 0.6) is 0 Å². The molecule has 0 unspecified atom stereocenters. The highest BCUT2D eigenvalue weighted by Crippen LogP contribution is 2.12. The molecule has 144 valence electrons. The Kier molecular flexibility index (Phi) is 6.96. The van der Waals surface area contributed by atoms with Crippen LogP contribution in [0.1, 0.15) is 16.7 Å². The third-order valence-corrected chi connectivity index (χ3v) is 4.84. The van der Waals surface area contributed by atoms with Gasteiger partial charge in [0, 0.05) is 32.7 Å². The molecule has 2 aromatic carbocycles. The Balaban J connectivity index is 1.68. The molecule has 0 radical (unpaired) electrons. The molecule has 1 aliphatic rings. The Morgan fingerprint density at radius 1 is 1.11 bits per heavy atom. The fourth-order valence-corrected chi connectivity index (χ4v) is 3.34. The van der Waals surface area contributed by atoms with E-state index in [1.54, 1.807) is 6.07 Å². The number of aryl methyl sites for hydroxylation is 1. The fourth-order valence-electron chi connectivity index (χ4n) is 3.34. The Hall–Kier alpha value is -2.24. The Labute approximate surface area is 160 Å². The number of halogens is 1. The van der Waals surface area contributed by atoms with Crippen LogP contribution in [0.25, 0.3) is 0 Å². The molecule has 0 atom stereocenters. The molecule has 27 heavy (non-hydrogen) atoms. The first-order valence-corrected chi connectivity index (χ1v) is 9.48. The van der Waals surface area contributed by atoms with Gasteiger partial charge in [-0.15, -0.1) is 0 Å². The van der Waals surface area contributed by atoms with Gasteiger partial charge < -0.3 is 9.64 Å². The molecule has 0 saturated carbocycles. The maximum Gasteiger partial charge on any atom is 0.227 e. The number of nitrogens with zero attached hydrogens (tertiary/aromatic N) is 2. The van der Waals surface area contributed by atoms with E-state index in [1.807, 2.05) is 42.2 Å². The molecule has 0 aliphatic carbocycles. The Morgan fingerprint density at radius 3 is 2.59 bits per heavy atom. The lowest BCUT2D eigenvalue weighted by Crippen LogP contribution is -2.43. The summed E-state index contributed by atoms with van der Waals surface area (Å²) in [4.78, 5) is 17.1. The van der Waals surface area contributed by atoms with Crippen molar-refractivity contribution in [1.29, 1.82) is 0 Å². The van der Waals surface area contributed by atoms with Gasteiger partial charge in [-0.05, 0) is 30.2 Å². The van der Waals surface area contributed by atoms with E-state index in [0.717, 1.165) is 49.5 Å². The second-order valence-corrected chi connectivity index (χ2v) is 7.07. The standard InChI is InChI=1S/C22H27FN2O2/c1-18-4-2-5-19(14-18)16-22(26)25(9-8-24-10-12-27-13-11-24)17-20-6-3-7-21(23)15-20/h2-7,14-15H,8-13,16-17H2,1H3. The van der Waals surface area contributed by atoms with Gasteiger partial charge in [-0.25, -0.2) is 4.39 Å². The summed E-state index contributed by atoms with van der Waals surface area (Å²) < 4.78 is 19.0. The lowest BCUT2D eigenvalue weighted by molar-refractivity contribution is -0.131. The molecule has 4 nitrogen and oxygen atoms in total. The average molecular weight is 370 g/mol. The summed E-state index contributed by atoms with van der Waals surface area (Å²) in [6.07, 6.45) is 0.361. The highest BCUT2D eigenvalue weighted by molar-refractivity contribution is 5.78. The number of carbonyl (C=O) groups excluding carboxylic acids is 1. The summed E-state index contributed by atoms with van der Waals surface area (Å²) in [6.45, 7) is 7.13. The monoisotopic (exact) mass is 370 g/mol. The highest BCUT2D eigenvalue weighted by Gasteiger charge is 2.18. The number of amides is 1. The normalized spacial score (nSPS) is 14.9. The van der Waals surface area contributed by atoms with E-state index in [-0.39, 0.29) is 11.7 Å². The first-order chi connectivity index (χ1) is 13.1. The topological polar surface area (TPSA) is 32.8 Å². The van der Waals surface area contributed by atoms with Crippen LogP contribution in [-0.4, -0.2) is 55.1 Å².